The fourth-order valence-corrected chi connectivity index (χ4v) is 3.24. The fourth-order valence-electron chi connectivity index (χ4n) is 2.22. The zero-order valence-electron chi connectivity index (χ0n) is 9.71. The van der Waals surface area contributed by atoms with Crippen molar-refractivity contribution in [3.63, 3.8) is 0 Å². The minimum atomic E-state index is 0.794. The summed E-state index contributed by atoms with van der Waals surface area (Å²) < 4.78 is 1.21. The molecule has 1 aromatic carbocycles. The molecule has 3 heteroatoms. The molecule has 0 spiro atoms. The molecule has 0 N–H and O–H groups in total. The summed E-state index contributed by atoms with van der Waals surface area (Å²) in [4.78, 5) is 2.48. The predicted octanol–water partition coefficient (Wildman–Crippen LogP) is 4.44. The van der Waals surface area contributed by atoms with E-state index >= 15 is 0 Å². The van der Waals surface area contributed by atoms with Gasteiger partial charge < -0.3 is 4.90 Å². The van der Waals surface area contributed by atoms with Gasteiger partial charge in [-0.2, -0.15) is 0 Å². The van der Waals surface area contributed by atoms with Crippen molar-refractivity contribution in [1.29, 1.82) is 0 Å². The number of nitrogens with zero attached hydrogens (tertiary/aromatic N) is 1. The van der Waals surface area contributed by atoms with Crippen LogP contribution in [0.15, 0.2) is 22.7 Å². The van der Waals surface area contributed by atoms with Crippen LogP contribution in [0.5, 0.6) is 0 Å². The lowest BCUT2D eigenvalue weighted by Gasteiger charge is -2.20. The molecule has 1 heterocycles. The third-order valence-electron chi connectivity index (χ3n) is 3.50. The van der Waals surface area contributed by atoms with E-state index < -0.39 is 0 Å². The minimum absolute atomic E-state index is 0.794. The molecule has 0 amide bonds. The molecule has 1 aliphatic rings. The van der Waals surface area contributed by atoms with Gasteiger partial charge in [0.25, 0.3) is 0 Å². The molecule has 1 nitrogen and oxygen atoms in total. The van der Waals surface area contributed by atoms with Crippen molar-refractivity contribution < 1.29 is 0 Å². The van der Waals surface area contributed by atoms with E-state index in [4.69, 9.17) is 0 Å². The Balaban J connectivity index is 2.22. The lowest BCUT2D eigenvalue weighted by Crippen LogP contribution is -2.19. The van der Waals surface area contributed by atoms with Crippen molar-refractivity contribution in [3.05, 3.63) is 28.2 Å². The highest BCUT2D eigenvalue weighted by Crippen LogP contribution is 2.33. The average Bonchev–Trinajstić information content (AvgIpc) is 2.58. The summed E-state index contributed by atoms with van der Waals surface area (Å²) in [5.41, 5.74) is 2.65. The summed E-state index contributed by atoms with van der Waals surface area (Å²) in [7, 11) is 0. The number of alkyl halides is 1. The molecular formula is C13H17Br2N. The number of benzene rings is 1. The van der Waals surface area contributed by atoms with Gasteiger partial charge in [-0.25, -0.2) is 0 Å². The summed E-state index contributed by atoms with van der Waals surface area (Å²) in [6.07, 6.45) is 0. The van der Waals surface area contributed by atoms with Crippen molar-refractivity contribution in [2.45, 2.75) is 19.2 Å². The van der Waals surface area contributed by atoms with Crippen LogP contribution in [0.4, 0.5) is 5.69 Å². The summed E-state index contributed by atoms with van der Waals surface area (Å²) in [5.74, 6) is 1.59. The third-order valence-corrected chi connectivity index (χ3v) is 4.78. The van der Waals surface area contributed by atoms with Gasteiger partial charge in [0.15, 0.2) is 0 Å². The Hall–Kier alpha value is -0.0200. The first-order valence-electron chi connectivity index (χ1n) is 5.71. The lowest BCUT2D eigenvalue weighted by molar-refractivity contribution is 0.494. The second-order valence-corrected chi connectivity index (χ2v) is 6.19. The summed E-state index contributed by atoms with van der Waals surface area (Å²) in [6.45, 7) is 7.03. The van der Waals surface area contributed by atoms with Gasteiger partial charge in [-0.3, -0.25) is 0 Å². The number of anilines is 1. The monoisotopic (exact) mass is 345 g/mol. The molecule has 1 saturated heterocycles. The highest BCUT2D eigenvalue weighted by atomic mass is 79.9. The summed E-state index contributed by atoms with van der Waals surface area (Å²) >= 11 is 7.16. The molecule has 2 atom stereocenters. The van der Waals surface area contributed by atoms with Gasteiger partial charge >= 0.3 is 0 Å². The predicted molar refractivity (Wildman–Crippen MR) is 77.3 cm³/mol. The van der Waals surface area contributed by atoms with Crippen LogP contribution in [0, 0.1) is 11.8 Å². The number of rotatable bonds is 2. The molecule has 2 rings (SSSR count). The second-order valence-electron chi connectivity index (χ2n) is 4.78. The van der Waals surface area contributed by atoms with E-state index in [2.05, 4.69) is 68.8 Å². The Morgan fingerprint density at radius 3 is 2.38 bits per heavy atom. The minimum Gasteiger partial charge on any atom is -0.370 e. The summed E-state index contributed by atoms with van der Waals surface area (Å²) in [6, 6.07) is 6.63. The van der Waals surface area contributed by atoms with Crippen LogP contribution >= 0.6 is 31.9 Å². The molecule has 0 aromatic heterocycles. The van der Waals surface area contributed by atoms with Crippen LogP contribution in [0.3, 0.4) is 0 Å². The molecule has 1 aliphatic heterocycles. The maximum Gasteiger partial charge on any atom is 0.0511 e. The van der Waals surface area contributed by atoms with E-state index in [1.807, 2.05) is 0 Å². The first kappa shape index (κ1) is 12.4. The average molecular weight is 347 g/mol. The van der Waals surface area contributed by atoms with Crippen LogP contribution < -0.4 is 4.90 Å². The van der Waals surface area contributed by atoms with Gasteiger partial charge in [0.1, 0.15) is 0 Å². The number of hydrogen-bond donors (Lipinski definition) is 0. The second kappa shape index (κ2) is 5.09. The maximum absolute atomic E-state index is 3.68. The van der Waals surface area contributed by atoms with Crippen molar-refractivity contribution in [2.24, 2.45) is 11.8 Å². The number of halogens is 2. The van der Waals surface area contributed by atoms with Crippen molar-refractivity contribution >= 4 is 37.5 Å². The van der Waals surface area contributed by atoms with E-state index in [-0.39, 0.29) is 0 Å². The fraction of sp³-hybridized carbons (Fsp3) is 0.538. The van der Waals surface area contributed by atoms with Crippen molar-refractivity contribution in [1.82, 2.24) is 0 Å². The van der Waals surface area contributed by atoms with E-state index in [0.29, 0.717) is 0 Å². The van der Waals surface area contributed by atoms with Crippen LogP contribution in [0.25, 0.3) is 0 Å². The SMILES string of the molecule is CC1CN(c2ccc(CBr)cc2Br)CC1C. The van der Waals surface area contributed by atoms with Crippen LogP contribution in [0.2, 0.25) is 0 Å². The molecule has 0 radical (unpaired) electrons. The van der Waals surface area contributed by atoms with Crippen LogP contribution in [-0.4, -0.2) is 13.1 Å². The molecule has 16 heavy (non-hydrogen) atoms. The molecular weight excluding hydrogens is 330 g/mol. The largest absolute Gasteiger partial charge is 0.370 e. The number of hydrogen-bond acceptors (Lipinski definition) is 1. The first-order chi connectivity index (χ1) is 7.61. The molecule has 1 fully saturated rings. The Morgan fingerprint density at radius 1 is 1.25 bits per heavy atom. The van der Waals surface area contributed by atoms with E-state index in [1.165, 1.54) is 28.8 Å². The molecule has 0 aliphatic carbocycles. The van der Waals surface area contributed by atoms with Gasteiger partial charge in [0, 0.05) is 22.9 Å². The Bertz CT molecular complexity index is 368. The molecule has 88 valence electrons. The van der Waals surface area contributed by atoms with Gasteiger partial charge in [-0.1, -0.05) is 35.8 Å². The maximum atomic E-state index is 3.68. The topological polar surface area (TPSA) is 3.24 Å². The van der Waals surface area contributed by atoms with Gasteiger partial charge in [0.2, 0.25) is 0 Å². The third kappa shape index (κ3) is 2.45. The summed E-state index contributed by atoms with van der Waals surface area (Å²) in [5, 5.41) is 0.915. The van der Waals surface area contributed by atoms with E-state index in [1.54, 1.807) is 0 Å². The van der Waals surface area contributed by atoms with Crippen molar-refractivity contribution in [3.8, 4) is 0 Å². The molecule has 0 bridgehead atoms. The van der Waals surface area contributed by atoms with E-state index in [0.717, 1.165) is 17.2 Å². The van der Waals surface area contributed by atoms with Crippen LogP contribution in [0.1, 0.15) is 19.4 Å². The van der Waals surface area contributed by atoms with Gasteiger partial charge in [-0.05, 0) is 45.5 Å². The molecule has 0 saturated carbocycles. The van der Waals surface area contributed by atoms with Crippen molar-refractivity contribution in [2.75, 3.05) is 18.0 Å². The van der Waals surface area contributed by atoms with Crippen LogP contribution in [-0.2, 0) is 5.33 Å². The first-order valence-corrected chi connectivity index (χ1v) is 7.62. The highest BCUT2D eigenvalue weighted by Gasteiger charge is 2.27. The Labute approximate surface area is 114 Å². The Morgan fingerprint density at radius 2 is 1.88 bits per heavy atom. The van der Waals surface area contributed by atoms with E-state index in [9.17, 15) is 0 Å². The quantitative estimate of drug-likeness (QED) is 0.716. The standard InChI is InChI=1S/C13H17Br2N/c1-9-7-16(8-10(9)2)13-4-3-11(6-14)5-12(13)15/h3-5,9-10H,6-8H2,1-2H3. The smallest absolute Gasteiger partial charge is 0.0511 e. The van der Waals surface area contributed by atoms with Gasteiger partial charge in [-0.15, -0.1) is 0 Å². The Kier molecular flexibility index (Phi) is 3.96. The van der Waals surface area contributed by atoms with Gasteiger partial charge in [0.05, 0.1) is 5.69 Å². The molecule has 2 unspecified atom stereocenters. The normalized spacial score (nSPS) is 25.1. The zero-order valence-corrected chi connectivity index (χ0v) is 12.9. The highest BCUT2D eigenvalue weighted by molar-refractivity contribution is 9.10. The molecule has 1 aromatic rings. The lowest BCUT2D eigenvalue weighted by atomic mass is 10.0. The zero-order chi connectivity index (χ0) is 11.7.